The van der Waals surface area contributed by atoms with Gasteiger partial charge in [-0.15, -0.1) is 0 Å². The van der Waals surface area contributed by atoms with Crippen molar-refractivity contribution in [3.05, 3.63) is 11.1 Å². The van der Waals surface area contributed by atoms with Crippen molar-refractivity contribution in [2.75, 3.05) is 16.8 Å². The lowest BCUT2D eigenvalue weighted by Gasteiger charge is -2.22. The van der Waals surface area contributed by atoms with Crippen molar-refractivity contribution in [2.45, 2.75) is 18.9 Å². The number of aromatic carboxylic acids is 1. The van der Waals surface area contributed by atoms with E-state index in [-0.39, 0.29) is 22.4 Å². The predicted molar refractivity (Wildman–Crippen MR) is 64.4 cm³/mol. The van der Waals surface area contributed by atoms with Crippen LogP contribution in [0.2, 0.25) is 0 Å². The van der Waals surface area contributed by atoms with Crippen LogP contribution in [0, 0.1) is 0 Å². The molecule has 0 saturated carbocycles. The minimum Gasteiger partial charge on any atom is -0.477 e. The number of nitrogens with zero attached hydrogens (tertiary/aromatic N) is 1. The number of rotatable bonds is 3. The summed E-state index contributed by atoms with van der Waals surface area (Å²) in [4.78, 5) is 14.8. The third-order valence-corrected chi connectivity index (χ3v) is 5.23. The summed E-state index contributed by atoms with van der Waals surface area (Å²) < 4.78 is 22.4. The Morgan fingerprint density at radius 2 is 2.12 bits per heavy atom. The van der Waals surface area contributed by atoms with E-state index in [0.717, 1.165) is 11.3 Å². The molecular formula is C9H12N2O4S2. The lowest BCUT2D eigenvalue weighted by Crippen LogP contribution is -2.32. The Hall–Kier alpha value is -1.15. The summed E-state index contributed by atoms with van der Waals surface area (Å²) in [6.07, 6.45) is 2.39. The summed E-state index contributed by atoms with van der Waals surface area (Å²) >= 11 is 1.06. The molecule has 1 aliphatic heterocycles. The van der Waals surface area contributed by atoms with Crippen LogP contribution in [0.3, 0.4) is 0 Å². The average Bonchev–Trinajstić information content (AvgIpc) is 2.70. The van der Waals surface area contributed by atoms with Crippen LogP contribution >= 0.6 is 11.3 Å². The van der Waals surface area contributed by atoms with Gasteiger partial charge in [-0.3, -0.25) is 0 Å². The van der Waals surface area contributed by atoms with Gasteiger partial charge in [0.1, 0.15) is 14.7 Å². The number of sulfone groups is 1. The van der Waals surface area contributed by atoms with Gasteiger partial charge in [0.15, 0.2) is 5.13 Å². The molecule has 1 aliphatic rings. The molecule has 2 rings (SSSR count). The van der Waals surface area contributed by atoms with Crippen LogP contribution in [0.5, 0.6) is 0 Å². The lowest BCUT2D eigenvalue weighted by atomic mass is 10.2. The second kappa shape index (κ2) is 4.61. The smallest absolute Gasteiger partial charge is 0.347 e. The number of nitrogens with one attached hydrogen (secondary N) is 1. The van der Waals surface area contributed by atoms with Crippen molar-refractivity contribution in [2.24, 2.45) is 0 Å². The van der Waals surface area contributed by atoms with E-state index in [1.54, 1.807) is 0 Å². The largest absolute Gasteiger partial charge is 0.477 e. The van der Waals surface area contributed by atoms with Gasteiger partial charge in [-0.25, -0.2) is 18.2 Å². The lowest BCUT2D eigenvalue weighted by molar-refractivity contribution is 0.0702. The molecule has 1 aromatic heterocycles. The molecular weight excluding hydrogens is 264 g/mol. The van der Waals surface area contributed by atoms with E-state index < -0.39 is 15.8 Å². The summed E-state index contributed by atoms with van der Waals surface area (Å²) in [5.74, 6) is -0.634. The van der Waals surface area contributed by atoms with E-state index in [2.05, 4.69) is 10.3 Å². The molecule has 1 saturated heterocycles. The predicted octanol–water partition coefficient (Wildman–Crippen LogP) is 0.830. The maximum Gasteiger partial charge on any atom is 0.347 e. The third-order valence-electron chi connectivity index (χ3n) is 2.60. The number of carbonyl (C=O) groups is 1. The maximum absolute atomic E-state index is 11.2. The Morgan fingerprint density at radius 3 is 2.65 bits per heavy atom. The van der Waals surface area contributed by atoms with Gasteiger partial charge in [0.05, 0.1) is 17.7 Å². The van der Waals surface area contributed by atoms with Crippen molar-refractivity contribution in [1.29, 1.82) is 0 Å². The SMILES string of the molecule is O=C(O)c1cnc(NC2CCS(=O)(=O)CC2)s1. The van der Waals surface area contributed by atoms with Crippen LogP contribution in [0.15, 0.2) is 6.20 Å². The van der Waals surface area contributed by atoms with Crippen molar-refractivity contribution >= 4 is 32.3 Å². The van der Waals surface area contributed by atoms with Gasteiger partial charge in [0.25, 0.3) is 0 Å². The first-order valence-electron chi connectivity index (χ1n) is 5.12. The Morgan fingerprint density at radius 1 is 1.47 bits per heavy atom. The summed E-state index contributed by atoms with van der Waals surface area (Å²) in [6, 6.07) is 0.0614. The Kier molecular flexibility index (Phi) is 3.34. The quantitative estimate of drug-likeness (QED) is 0.849. The first-order valence-corrected chi connectivity index (χ1v) is 7.76. The van der Waals surface area contributed by atoms with Crippen molar-refractivity contribution in [3.8, 4) is 0 Å². The van der Waals surface area contributed by atoms with E-state index in [0.29, 0.717) is 18.0 Å². The number of anilines is 1. The molecule has 1 fully saturated rings. The normalized spacial score (nSPS) is 20.0. The van der Waals surface area contributed by atoms with Gasteiger partial charge >= 0.3 is 5.97 Å². The Bertz CT molecular complexity index is 509. The fourth-order valence-electron chi connectivity index (χ4n) is 1.65. The van der Waals surface area contributed by atoms with E-state index in [1.165, 1.54) is 6.20 Å². The number of aromatic nitrogens is 1. The Balaban J connectivity index is 1.95. The number of carboxylic acids is 1. The highest BCUT2D eigenvalue weighted by atomic mass is 32.2. The molecule has 2 heterocycles. The van der Waals surface area contributed by atoms with Crippen LogP contribution < -0.4 is 5.32 Å². The monoisotopic (exact) mass is 276 g/mol. The third kappa shape index (κ3) is 3.16. The number of hydrogen-bond donors (Lipinski definition) is 2. The molecule has 6 nitrogen and oxygen atoms in total. The molecule has 0 aliphatic carbocycles. The highest BCUT2D eigenvalue weighted by Gasteiger charge is 2.24. The van der Waals surface area contributed by atoms with Crippen LogP contribution in [-0.4, -0.2) is 42.0 Å². The summed E-state index contributed by atoms with van der Waals surface area (Å²) in [5.41, 5.74) is 0. The zero-order valence-corrected chi connectivity index (χ0v) is 10.6. The summed E-state index contributed by atoms with van der Waals surface area (Å²) in [5, 5.41) is 12.3. The highest BCUT2D eigenvalue weighted by Crippen LogP contribution is 2.22. The van der Waals surface area contributed by atoms with Crippen LogP contribution in [0.4, 0.5) is 5.13 Å². The molecule has 0 atom stereocenters. The average molecular weight is 276 g/mol. The minimum atomic E-state index is -2.87. The van der Waals surface area contributed by atoms with Crippen molar-refractivity contribution in [3.63, 3.8) is 0 Å². The summed E-state index contributed by atoms with van der Waals surface area (Å²) in [6.45, 7) is 0. The van der Waals surface area contributed by atoms with Gasteiger partial charge in [0, 0.05) is 6.04 Å². The molecule has 0 spiro atoms. The van der Waals surface area contributed by atoms with E-state index in [1.807, 2.05) is 0 Å². The van der Waals surface area contributed by atoms with Gasteiger partial charge in [-0.2, -0.15) is 0 Å². The van der Waals surface area contributed by atoms with Gasteiger partial charge in [-0.1, -0.05) is 11.3 Å². The topological polar surface area (TPSA) is 96.4 Å². The molecule has 0 amide bonds. The molecule has 1 aromatic rings. The molecule has 0 radical (unpaired) electrons. The van der Waals surface area contributed by atoms with Gasteiger partial charge < -0.3 is 10.4 Å². The second-order valence-electron chi connectivity index (χ2n) is 3.91. The molecule has 0 bridgehead atoms. The highest BCUT2D eigenvalue weighted by molar-refractivity contribution is 7.91. The van der Waals surface area contributed by atoms with E-state index >= 15 is 0 Å². The van der Waals surface area contributed by atoms with Crippen LogP contribution in [0.25, 0.3) is 0 Å². The van der Waals surface area contributed by atoms with Crippen molar-refractivity contribution < 1.29 is 18.3 Å². The first kappa shape index (κ1) is 12.3. The fraction of sp³-hybridized carbons (Fsp3) is 0.556. The standard InChI is InChI=1S/C9H12N2O4S2/c12-8(13)7-5-10-9(16-7)11-6-1-3-17(14,15)4-2-6/h5-6H,1-4H2,(H,10,11)(H,12,13). The maximum atomic E-state index is 11.2. The minimum absolute atomic E-state index is 0.0614. The second-order valence-corrected chi connectivity index (χ2v) is 7.24. The first-order chi connectivity index (χ1) is 7.96. The van der Waals surface area contributed by atoms with Crippen LogP contribution in [0.1, 0.15) is 22.5 Å². The van der Waals surface area contributed by atoms with Crippen LogP contribution in [-0.2, 0) is 9.84 Å². The fourth-order valence-corrected chi connectivity index (χ4v) is 3.87. The van der Waals surface area contributed by atoms with E-state index in [4.69, 9.17) is 5.11 Å². The Labute approximate surface area is 103 Å². The molecule has 17 heavy (non-hydrogen) atoms. The number of carboxylic acid groups (broad SMARTS) is 1. The number of thiazole rings is 1. The molecule has 0 aromatic carbocycles. The zero-order valence-electron chi connectivity index (χ0n) is 8.92. The molecule has 0 unspecified atom stereocenters. The zero-order chi connectivity index (χ0) is 12.5. The summed E-state index contributed by atoms with van der Waals surface area (Å²) in [7, 11) is -2.87. The van der Waals surface area contributed by atoms with E-state index in [9.17, 15) is 13.2 Å². The van der Waals surface area contributed by atoms with Crippen molar-refractivity contribution in [1.82, 2.24) is 4.98 Å². The molecule has 8 heteroatoms. The molecule has 94 valence electrons. The van der Waals surface area contributed by atoms with Gasteiger partial charge in [0.2, 0.25) is 0 Å². The van der Waals surface area contributed by atoms with Gasteiger partial charge in [-0.05, 0) is 12.8 Å². The molecule has 2 N–H and O–H groups in total. The number of hydrogen-bond acceptors (Lipinski definition) is 6.